The maximum absolute atomic E-state index is 12.9. The zero-order valence-electron chi connectivity index (χ0n) is 9.58. The summed E-state index contributed by atoms with van der Waals surface area (Å²) in [4.78, 5) is 15.7. The van der Waals surface area contributed by atoms with Gasteiger partial charge in [-0.2, -0.15) is 0 Å². The minimum atomic E-state index is -0.743. The van der Waals surface area contributed by atoms with E-state index in [1.807, 2.05) is 0 Å². The Kier molecular flexibility index (Phi) is 3.32. The number of hydrogen-bond acceptors (Lipinski definition) is 2. The molecule has 0 spiro atoms. The molecule has 2 rings (SSSR count). The van der Waals surface area contributed by atoms with Gasteiger partial charge >= 0.3 is 0 Å². The van der Waals surface area contributed by atoms with Crippen LogP contribution in [-0.4, -0.2) is 10.9 Å². The van der Waals surface area contributed by atoms with Crippen LogP contribution in [0, 0.1) is 18.6 Å². The molecule has 0 bridgehead atoms. The molecule has 1 aromatic heterocycles. The van der Waals surface area contributed by atoms with E-state index < -0.39 is 17.5 Å². The van der Waals surface area contributed by atoms with E-state index in [2.05, 4.69) is 10.3 Å². The molecule has 0 saturated carbocycles. The Morgan fingerprint density at radius 2 is 1.83 bits per heavy atom. The maximum atomic E-state index is 12.9. The van der Waals surface area contributed by atoms with E-state index in [9.17, 15) is 13.6 Å². The number of anilines is 1. The van der Waals surface area contributed by atoms with Crippen molar-refractivity contribution < 1.29 is 13.6 Å². The van der Waals surface area contributed by atoms with Gasteiger partial charge in [-0.05, 0) is 31.2 Å². The summed E-state index contributed by atoms with van der Waals surface area (Å²) in [5, 5.41) is 2.40. The lowest BCUT2D eigenvalue weighted by molar-refractivity contribution is 0.102. The maximum Gasteiger partial charge on any atom is 0.257 e. The van der Waals surface area contributed by atoms with E-state index in [0.29, 0.717) is 5.56 Å². The number of halogens is 2. The Labute approximate surface area is 102 Å². The Morgan fingerprint density at radius 1 is 1.17 bits per heavy atom. The van der Waals surface area contributed by atoms with Crippen LogP contribution in [0.4, 0.5) is 14.5 Å². The summed E-state index contributed by atoms with van der Waals surface area (Å²) in [6, 6.07) is 6.10. The molecule has 0 saturated heterocycles. The first kappa shape index (κ1) is 12.2. The first-order valence-electron chi connectivity index (χ1n) is 5.25. The molecule has 1 N–H and O–H groups in total. The van der Waals surface area contributed by atoms with E-state index in [1.165, 1.54) is 6.20 Å². The van der Waals surface area contributed by atoms with Crippen molar-refractivity contribution in [2.75, 3.05) is 5.32 Å². The van der Waals surface area contributed by atoms with Gasteiger partial charge in [0.2, 0.25) is 0 Å². The van der Waals surface area contributed by atoms with Crippen LogP contribution in [0.5, 0.6) is 0 Å². The zero-order valence-corrected chi connectivity index (χ0v) is 9.58. The van der Waals surface area contributed by atoms with E-state index in [4.69, 9.17) is 0 Å². The molecule has 5 heteroatoms. The summed E-state index contributed by atoms with van der Waals surface area (Å²) in [5.74, 6) is -1.95. The van der Waals surface area contributed by atoms with Crippen molar-refractivity contribution in [1.82, 2.24) is 4.98 Å². The highest BCUT2D eigenvalue weighted by Crippen LogP contribution is 2.14. The van der Waals surface area contributed by atoms with Gasteiger partial charge in [0, 0.05) is 23.6 Å². The van der Waals surface area contributed by atoms with Crippen molar-refractivity contribution >= 4 is 11.6 Å². The van der Waals surface area contributed by atoms with Gasteiger partial charge in [-0.3, -0.25) is 9.78 Å². The highest BCUT2D eigenvalue weighted by atomic mass is 19.1. The molecule has 1 amide bonds. The molecule has 3 nitrogen and oxygen atoms in total. The minimum absolute atomic E-state index is 0.0677. The normalized spacial score (nSPS) is 10.2. The number of rotatable bonds is 2. The van der Waals surface area contributed by atoms with Gasteiger partial charge in [0.15, 0.2) is 0 Å². The van der Waals surface area contributed by atoms with Gasteiger partial charge in [-0.1, -0.05) is 0 Å². The Hall–Kier alpha value is -2.30. The number of amides is 1. The molecular formula is C13H10F2N2O. The molecule has 18 heavy (non-hydrogen) atoms. The third-order valence-corrected chi connectivity index (χ3v) is 2.29. The second kappa shape index (κ2) is 4.91. The van der Waals surface area contributed by atoms with Crippen LogP contribution in [0.25, 0.3) is 0 Å². The second-order valence-corrected chi connectivity index (χ2v) is 3.80. The average Bonchev–Trinajstić information content (AvgIpc) is 2.28. The lowest BCUT2D eigenvalue weighted by Gasteiger charge is -2.05. The number of benzene rings is 1. The fraction of sp³-hybridized carbons (Fsp3) is 0.0769. The number of hydrogen-bond donors (Lipinski definition) is 1. The van der Waals surface area contributed by atoms with Gasteiger partial charge in [0.05, 0.1) is 5.56 Å². The smallest absolute Gasteiger partial charge is 0.257 e. The lowest BCUT2D eigenvalue weighted by Crippen LogP contribution is -2.12. The van der Waals surface area contributed by atoms with Gasteiger partial charge < -0.3 is 5.32 Å². The predicted octanol–water partition coefficient (Wildman–Crippen LogP) is 2.92. The van der Waals surface area contributed by atoms with Crippen molar-refractivity contribution in [3.63, 3.8) is 0 Å². The van der Waals surface area contributed by atoms with Gasteiger partial charge in [0.1, 0.15) is 11.6 Å². The van der Waals surface area contributed by atoms with Crippen LogP contribution in [-0.2, 0) is 0 Å². The second-order valence-electron chi connectivity index (χ2n) is 3.80. The fourth-order valence-corrected chi connectivity index (χ4v) is 1.43. The van der Waals surface area contributed by atoms with Gasteiger partial charge in [-0.15, -0.1) is 0 Å². The minimum Gasteiger partial charge on any atom is -0.322 e. The van der Waals surface area contributed by atoms with E-state index >= 15 is 0 Å². The summed E-state index contributed by atoms with van der Waals surface area (Å²) >= 11 is 0. The SMILES string of the molecule is Cc1ccc(C(=O)Nc2cc(F)cc(F)c2)cn1. The van der Waals surface area contributed by atoms with Crippen molar-refractivity contribution in [2.45, 2.75) is 6.92 Å². The van der Waals surface area contributed by atoms with E-state index in [0.717, 1.165) is 23.9 Å². The molecule has 2 aromatic rings. The van der Waals surface area contributed by atoms with E-state index in [1.54, 1.807) is 19.1 Å². The third-order valence-electron chi connectivity index (χ3n) is 2.29. The topological polar surface area (TPSA) is 42.0 Å². The number of pyridine rings is 1. The molecule has 1 heterocycles. The molecule has 0 aliphatic rings. The molecule has 0 aliphatic heterocycles. The molecule has 0 aliphatic carbocycles. The number of carbonyl (C=O) groups is 1. The summed E-state index contributed by atoms with van der Waals surface area (Å²) in [5.41, 5.74) is 1.17. The number of nitrogens with one attached hydrogen (secondary N) is 1. The molecule has 0 fully saturated rings. The monoisotopic (exact) mass is 248 g/mol. The molecule has 92 valence electrons. The fourth-order valence-electron chi connectivity index (χ4n) is 1.43. The van der Waals surface area contributed by atoms with Crippen LogP contribution < -0.4 is 5.32 Å². The highest BCUT2D eigenvalue weighted by molar-refractivity contribution is 6.04. The summed E-state index contributed by atoms with van der Waals surface area (Å²) < 4.78 is 25.9. The van der Waals surface area contributed by atoms with Crippen molar-refractivity contribution in [1.29, 1.82) is 0 Å². The van der Waals surface area contributed by atoms with Crippen LogP contribution in [0.2, 0.25) is 0 Å². The van der Waals surface area contributed by atoms with Crippen LogP contribution >= 0.6 is 0 Å². The van der Waals surface area contributed by atoms with Crippen LogP contribution in [0.3, 0.4) is 0 Å². The molecule has 1 aromatic carbocycles. The predicted molar refractivity (Wildman–Crippen MR) is 63.3 cm³/mol. The first-order valence-corrected chi connectivity index (χ1v) is 5.25. The zero-order chi connectivity index (χ0) is 13.1. The quantitative estimate of drug-likeness (QED) is 0.887. The Balaban J connectivity index is 2.18. The summed E-state index contributed by atoms with van der Waals surface area (Å²) in [7, 11) is 0. The van der Waals surface area contributed by atoms with Crippen molar-refractivity contribution in [2.24, 2.45) is 0 Å². The third kappa shape index (κ3) is 2.88. The Morgan fingerprint density at radius 3 is 2.39 bits per heavy atom. The van der Waals surface area contributed by atoms with Crippen LogP contribution in [0.15, 0.2) is 36.5 Å². The lowest BCUT2D eigenvalue weighted by atomic mass is 10.2. The molecule has 0 radical (unpaired) electrons. The molecule has 0 unspecified atom stereocenters. The average molecular weight is 248 g/mol. The van der Waals surface area contributed by atoms with Gasteiger partial charge in [-0.25, -0.2) is 8.78 Å². The van der Waals surface area contributed by atoms with Crippen LogP contribution in [0.1, 0.15) is 16.1 Å². The number of carbonyl (C=O) groups excluding carboxylic acids is 1. The largest absolute Gasteiger partial charge is 0.322 e. The molecule has 0 atom stereocenters. The highest BCUT2D eigenvalue weighted by Gasteiger charge is 2.08. The van der Waals surface area contributed by atoms with Gasteiger partial charge in [0.25, 0.3) is 5.91 Å². The van der Waals surface area contributed by atoms with Crippen molar-refractivity contribution in [3.05, 3.63) is 59.4 Å². The first-order chi connectivity index (χ1) is 8.54. The summed E-state index contributed by atoms with van der Waals surface area (Å²) in [6.45, 7) is 1.80. The Bertz CT molecular complexity index is 562. The summed E-state index contributed by atoms with van der Waals surface area (Å²) in [6.07, 6.45) is 1.40. The number of nitrogens with zero attached hydrogens (tertiary/aromatic N) is 1. The number of aromatic nitrogens is 1. The standard InChI is InChI=1S/C13H10F2N2O/c1-8-2-3-9(7-16-8)13(18)17-12-5-10(14)4-11(15)6-12/h2-7H,1H3,(H,17,18). The molecular weight excluding hydrogens is 238 g/mol. The number of aryl methyl sites for hydroxylation is 1. The van der Waals surface area contributed by atoms with Crippen molar-refractivity contribution in [3.8, 4) is 0 Å². The van der Waals surface area contributed by atoms with E-state index in [-0.39, 0.29) is 5.69 Å².